The first-order valence-electron chi connectivity index (χ1n) is 7.60. The van der Waals surface area contributed by atoms with Gasteiger partial charge < -0.3 is 14.4 Å². The van der Waals surface area contributed by atoms with E-state index in [0.29, 0.717) is 24.9 Å². The molecular formula is C16H20F3NO3. The lowest BCUT2D eigenvalue weighted by molar-refractivity contribution is -0.274. The van der Waals surface area contributed by atoms with E-state index < -0.39 is 29.9 Å². The summed E-state index contributed by atoms with van der Waals surface area (Å²) in [6.07, 6.45) is -6.04. The lowest BCUT2D eigenvalue weighted by Gasteiger charge is -2.30. The molecule has 0 spiro atoms. The molecule has 0 radical (unpaired) electrons. The third-order valence-corrected chi connectivity index (χ3v) is 5.50. The van der Waals surface area contributed by atoms with Crippen molar-refractivity contribution in [1.29, 1.82) is 0 Å². The number of alkyl halides is 3. The molecule has 1 aromatic heterocycles. The molecule has 3 atom stereocenters. The highest BCUT2D eigenvalue weighted by molar-refractivity contribution is 5.78. The van der Waals surface area contributed by atoms with Gasteiger partial charge in [0, 0.05) is 13.1 Å². The number of hydrogen-bond donors (Lipinski definition) is 1. The van der Waals surface area contributed by atoms with Crippen molar-refractivity contribution in [3.05, 3.63) is 23.7 Å². The highest BCUT2D eigenvalue weighted by Crippen LogP contribution is 2.62. The first kappa shape index (κ1) is 16.4. The predicted octanol–water partition coefficient (Wildman–Crippen LogP) is 2.84. The molecule has 3 rings (SSSR count). The standard InChI is InChI=1S/C16H20F3NO3/c1-9-4-5-12(23-9)15(22,16(17,18)19)6-13(21)20-7-10-11(8-20)14(10,2)3/h4-5,10-11,22H,6-8H2,1-3H3. The number of furan rings is 1. The van der Waals surface area contributed by atoms with Crippen molar-refractivity contribution in [3.63, 3.8) is 0 Å². The molecule has 2 aliphatic rings. The second-order valence-corrected chi connectivity index (χ2v) is 7.28. The molecule has 1 N–H and O–H groups in total. The van der Waals surface area contributed by atoms with Crippen LogP contribution in [-0.2, 0) is 10.4 Å². The fraction of sp³-hybridized carbons (Fsp3) is 0.688. The quantitative estimate of drug-likeness (QED) is 0.927. The van der Waals surface area contributed by atoms with E-state index in [1.807, 2.05) is 0 Å². The molecule has 3 unspecified atom stereocenters. The van der Waals surface area contributed by atoms with Crippen molar-refractivity contribution >= 4 is 5.91 Å². The number of carbonyl (C=O) groups is 1. The molecule has 128 valence electrons. The minimum Gasteiger partial charge on any atom is -0.463 e. The van der Waals surface area contributed by atoms with Gasteiger partial charge in [-0.25, -0.2) is 0 Å². The van der Waals surface area contributed by atoms with Gasteiger partial charge in [-0.3, -0.25) is 4.79 Å². The molecule has 2 fully saturated rings. The fourth-order valence-electron chi connectivity index (χ4n) is 3.65. The van der Waals surface area contributed by atoms with E-state index in [1.165, 1.54) is 17.9 Å². The van der Waals surface area contributed by atoms with Crippen LogP contribution in [0, 0.1) is 24.2 Å². The Morgan fingerprint density at radius 2 is 1.91 bits per heavy atom. The van der Waals surface area contributed by atoms with Gasteiger partial charge in [-0.2, -0.15) is 13.2 Å². The summed E-state index contributed by atoms with van der Waals surface area (Å²) in [7, 11) is 0. The number of aryl methyl sites for hydroxylation is 1. The topological polar surface area (TPSA) is 53.7 Å². The molecule has 23 heavy (non-hydrogen) atoms. The maximum absolute atomic E-state index is 13.4. The van der Waals surface area contributed by atoms with Crippen LogP contribution in [0.3, 0.4) is 0 Å². The average Bonchev–Trinajstić information content (AvgIpc) is 2.86. The molecule has 0 bridgehead atoms. The van der Waals surface area contributed by atoms with Crippen LogP contribution in [-0.4, -0.2) is 35.2 Å². The zero-order chi connectivity index (χ0) is 17.2. The van der Waals surface area contributed by atoms with Gasteiger partial charge in [0.05, 0.1) is 6.42 Å². The van der Waals surface area contributed by atoms with E-state index in [1.54, 1.807) is 0 Å². The SMILES string of the molecule is Cc1ccc(C(O)(CC(=O)N2CC3C(C2)C3(C)C)C(F)(F)F)o1. The van der Waals surface area contributed by atoms with Gasteiger partial charge in [0.15, 0.2) is 0 Å². The molecular weight excluding hydrogens is 311 g/mol. The average molecular weight is 331 g/mol. The summed E-state index contributed by atoms with van der Waals surface area (Å²) >= 11 is 0. The summed E-state index contributed by atoms with van der Waals surface area (Å²) in [4.78, 5) is 13.7. The largest absolute Gasteiger partial charge is 0.463 e. The van der Waals surface area contributed by atoms with E-state index in [-0.39, 0.29) is 11.2 Å². The first-order chi connectivity index (χ1) is 10.5. The van der Waals surface area contributed by atoms with Gasteiger partial charge in [-0.1, -0.05) is 13.8 Å². The number of halogens is 3. The fourth-order valence-corrected chi connectivity index (χ4v) is 3.65. The number of aliphatic hydroxyl groups is 1. The van der Waals surface area contributed by atoms with Gasteiger partial charge in [0.25, 0.3) is 0 Å². The second-order valence-electron chi connectivity index (χ2n) is 7.28. The Kier molecular flexibility index (Phi) is 3.38. The molecule has 1 amide bonds. The Labute approximate surface area is 132 Å². The minimum atomic E-state index is -4.99. The van der Waals surface area contributed by atoms with Crippen molar-refractivity contribution < 1.29 is 27.5 Å². The Balaban J connectivity index is 1.76. The number of hydrogen-bond acceptors (Lipinski definition) is 3. The van der Waals surface area contributed by atoms with Crippen molar-refractivity contribution in [2.75, 3.05) is 13.1 Å². The van der Waals surface area contributed by atoms with E-state index in [4.69, 9.17) is 4.42 Å². The van der Waals surface area contributed by atoms with Crippen molar-refractivity contribution in [2.24, 2.45) is 17.3 Å². The lowest BCUT2D eigenvalue weighted by atomic mass is 9.94. The van der Waals surface area contributed by atoms with Crippen LogP contribution in [0.4, 0.5) is 13.2 Å². The summed E-state index contributed by atoms with van der Waals surface area (Å²) in [5.41, 5.74) is -3.13. The molecule has 7 heteroatoms. The van der Waals surface area contributed by atoms with E-state index >= 15 is 0 Å². The number of amides is 1. The number of piperidine rings is 1. The van der Waals surface area contributed by atoms with Gasteiger partial charge in [-0.15, -0.1) is 0 Å². The molecule has 1 saturated heterocycles. The Morgan fingerprint density at radius 1 is 1.35 bits per heavy atom. The maximum atomic E-state index is 13.4. The number of rotatable bonds is 3. The van der Waals surface area contributed by atoms with Crippen molar-refractivity contribution in [1.82, 2.24) is 4.90 Å². The first-order valence-corrected chi connectivity index (χ1v) is 7.60. The van der Waals surface area contributed by atoms with Crippen molar-refractivity contribution in [3.8, 4) is 0 Å². The van der Waals surface area contributed by atoms with E-state index in [2.05, 4.69) is 13.8 Å². The van der Waals surface area contributed by atoms with Gasteiger partial charge in [0.2, 0.25) is 11.5 Å². The van der Waals surface area contributed by atoms with Crippen LogP contribution in [0.2, 0.25) is 0 Å². The molecule has 0 aromatic carbocycles. The lowest BCUT2D eigenvalue weighted by Crippen LogP contribution is -2.47. The summed E-state index contributed by atoms with van der Waals surface area (Å²) in [5, 5.41) is 10.2. The van der Waals surface area contributed by atoms with Gasteiger partial charge in [0.1, 0.15) is 11.5 Å². The molecule has 1 aliphatic heterocycles. The van der Waals surface area contributed by atoms with Crippen LogP contribution in [0.5, 0.6) is 0 Å². The monoisotopic (exact) mass is 331 g/mol. The summed E-state index contributed by atoms with van der Waals surface area (Å²) in [6, 6.07) is 2.41. The number of likely N-dealkylation sites (tertiary alicyclic amines) is 1. The Hall–Kier alpha value is -1.50. The highest BCUT2D eigenvalue weighted by Gasteiger charge is 2.64. The van der Waals surface area contributed by atoms with Crippen LogP contribution in [0.15, 0.2) is 16.5 Å². The minimum absolute atomic E-state index is 0.162. The van der Waals surface area contributed by atoms with Crippen molar-refractivity contribution in [2.45, 2.75) is 39.0 Å². The normalized spacial score (nSPS) is 28.4. The van der Waals surface area contributed by atoms with Crippen LogP contribution >= 0.6 is 0 Å². The summed E-state index contributed by atoms with van der Waals surface area (Å²) in [5.74, 6) is -0.394. The number of nitrogens with zero attached hydrogens (tertiary/aromatic N) is 1. The highest BCUT2D eigenvalue weighted by atomic mass is 19.4. The summed E-state index contributed by atoms with van der Waals surface area (Å²) in [6.45, 7) is 6.60. The molecule has 1 aliphatic carbocycles. The van der Waals surface area contributed by atoms with Crippen LogP contribution in [0.1, 0.15) is 31.8 Å². The van der Waals surface area contributed by atoms with Gasteiger partial charge >= 0.3 is 6.18 Å². The Morgan fingerprint density at radius 3 is 2.35 bits per heavy atom. The maximum Gasteiger partial charge on any atom is 0.425 e. The molecule has 1 aromatic rings. The zero-order valence-electron chi connectivity index (χ0n) is 13.3. The molecule has 1 saturated carbocycles. The predicted molar refractivity (Wildman–Crippen MR) is 75.4 cm³/mol. The van der Waals surface area contributed by atoms with E-state index in [0.717, 1.165) is 6.07 Å². The van der Waals surface area contributed by atoms with Gasteiger partial charge in [-0.05, 0) is 36.3 Å². The number of fused-ring (bicyclic) bond motifs is 1. The van der Waals surface area contributed by atoms with Crippen LogP contribution in [0.25, 0.3) is 0 Å². The molecule has 4 nitrogen and oxygen atoms in total. The Bertz CT molecular complexity index is 623. The smallest absolute Gasteiger partial charge is 0.425 e. The third kappa shape index (κ3) is 2.45. The third-order valence-electron chi connectivity index (χ3n) is 5.50. The zero-order valence-corrected chi connectivity index (χ0v) is 13.3. The van der Waals surface area contributed by atoms with E-state index in [9.17, 15) is 23.1 Å². The summed E-state index contributed by atoms with van der Waals surface area (Å²) < 4.78 is 45.1. The van der Waals surface area contributed by atoms with Crippen LogP contribution < -0.4 is 0 Å². The second kappa shape index (κ2) is 4.75. The number of carbonyl (C=O) groups excluding carboxylic acids is 1. The molecule has 2 heterocycles.